The number of hydrogen-bond donors (Lipinski definition) is 2. The molecule has 15 heteroatoms. The zero-order valence-electron chi connectivity index (χ0n) is 26.4. The van der Waals surface area contributed by atoms with Gasteiger partial charge >= 0.3 is 17.9 Å². The van der Waals surface area contributed by atoms with Crippen LogP contribution in [0.25, 0.3) is 0 Å². The molecule has 2 aliphatic rings. The molecule has 15 nitrogen and oxygen atoms in total. The van der Waals surface area contributed by atoms with Crippen molar-refractivity contribution in [3.8, 4) is 0 Å². The average Bonchev–Trinajstić information content (AvgIpc) is 3.03. The summed E-state index contributed by atoms with van der Waals surface area (Å²) in [5.41, 5.74) is 1.79. The normalized spacial score (nSPS) is 18.0. The summed E-state index contributed by atoms with van der Waals surface area (Å²) in [4.78, 5) is 73.0. The maximum Gasteiger partial charge on any atom is 0.344 e. The van der Waals surface area contributed by atoms with Gasteiger partial charge in [0.05, 0.1) is 46.7 Å². The molecule has 47 heavy (non-hydrogen) atoms. The van der Waals surface area contributed by atoms with Gasteiger partial charge in [-0.1, -0.05) is 24.3 Å². The fourth-order valence-electron chi connectivity index (χ4n) is 5.80. The number of nitrogens with one attached hydrogen (secondary N) is 2. The predicted octanol–water partition coefficient (Wildman–Crippen LogP) is 4.49. The number of methoxy groups -OCH3 is 1. The maximum absolute atomic E-state index is 14.0. The third-order valence-electron chi connectivity index (χ3n) is 7.85. The van der Waals surface area contributed by atoms with Crippen molar-refractivity contribution in [2.24, 2.45) is 0 Å². The number of allylic oxidation sites excluding steroid dienone is 4. The number of rotatable bonds is 10. The van der Waals surface area contributed by atoms with Crippen molar-refractivity contribution in [3.05, 3.63) is 125 Å². The number of dihydropyridines is 2. The summed E-state index contributed by atoms with van der Waals surface area (Å²) in [6, 6.07) is 11.1. The first-order valence-electron chi connectivity index (χ1n) is 14.2. The van der Waals surface area contributed by atoms with Gasteiger partial charge in [-0.3, -0.25) is 20.2 Å². The predicted molar refractivity (Wildman–Crippen MR) is 165 cm³/mol. The molecule has 0 amide bonds. The van der Waals surface area contributed by atoms with Crippen molar-refractivity contribution < 1.29 is 43.5 Å². The van der Waals surface area contributed by atoms with Gasteiger partial charge in [-0.2, -0.15) is 0 Å². The number of esters is 3. The van der Waals surface area contributed by atoms with Gasteiger partial charge in [0.2, 0.25) is 0 Å². The van der Waals surface area contributed by atoms with E-state index in [9.17, 15) is 34.6 Å². The summed E-state index contributed by atoms with van der Waals surface area (Å²) >= 11 is 0. The number of nitro groups is 2. The van der Waals surface area contributed by atoms with E-state index in [4.69, 9.17) is 19.2 Å². The van der Waals surface area contributed by atoms with Crippen molar-refractivity contribution in [2.75, 3.05) is 20.8 Å². The number of carbonyl (C=O) groups excluding carboxylic acids is 3. The summed E-state index contributed by atoms with van der Waals surface area (Å²) in [5, 5.41) is 29.2. The van der Waals surface area contributed by atoms with E-state index in [0.29, 0.717) is 28.2 Å². The number of ether oxygens (including phenoxy) is 2. The molecule has 0 aliphatic carbocycles. The molecule has 2 aromatic carbocycles. The van der Waals surface area contributed by atoms with Crippen molar-refractivity contribution in [2.45, 2.75) is 39.5 Å². The molecule has 0 aromatic heterocycles. The fraction of sp³-hybridized carbons (Fsp3) is 0.281. The van der Waals surface area contributed by atoms with E-state index in [0.717, 1.165) is 7.11 Å². The summed E-state index contributed by atoms with van der Waals surface area (Å²) in [7, 11) is 2.45. The Morgan fingerprint density at radius 3 is 1.62 bits per heavy atom. The first kappa shape index (κ1) is 34.2. The van der Waals surface area contributed by atoms with Crippen molar-refractivity contribution >= 4 is 29.3 Å². The zero-order chi connectivity index (χ0) is 34.6. The number of non-ortho nitro benzene ring substituents is 2. The highest BCUT2D eigenvalue weighted by Crippen LogP contribution is 2.42. The molecule has 2 atom stereocenters. The Balaban J connectivity index is 1.81. The average molecular weight is 649 g/mol. The molecule has 0 saturated heterocycles. The number of carbonyl (C=O) groups is 3. The van der Waals surface area contributed by atoms with Crippen LogP contribution in [0.3, 0.4) is 0 Å². The quantitative estimate of drug-likeness (QED) is 0.120. The van der Waals surface area contributed by atoms with Gasteiger partial charge in [0.15, 0.2) is 0 Å². The molecule has 0 spiro atoms. The Kier molecular flexibility index (Phi) is 10.3. The minimum atomic E-state index is -1.20. The maximum atomic E-state index is 14.0. The van der Waals surface area contributed by atoms with Gasteiger partial charge < -0.3 is 20.1 Å². The van der Waals surface area contributed by atoms with Crippen LogP contribution >= 0.6 is 0 Å². The Bertz CT molecular complexity index is 1810. The van der Waals surface area contributed by atoms with Crippen molar-refractivity contribution in [1.29, 1.82) is 0 Å². The summed E-state index contributed by atoms with van der Waals surface area (Å²) in [6.45, 7) is 6.29. The summed E-state index contributed by atoms with van der Waals surface area (Å²) in [5.74, 6) is -5.18. The molecule has 0 radical (unpaired) electrons. The van der Waals surface area contributed by atoms with E-state index in [1.54, 1.807) is 26.8 Å². The van der Waals surface area contributed by atoms with Crippen molar-refractivity contribution in [1.82, 2.24) is 10.6 Å². The van der Waals surface area contributed by atoms with E-state index < -0.39 is 39.6 Å². The van der Waals surface area contributed by atoms with Crippen LogP contribution in [-0.4, -0.2) is 48.6 Å². The second-order valence-corrected chi connectivity index (χ2v) is 10.7. The second-order valence-electron chi connectivity index (χ2n) is 10.7. The minimum Gasteiger partial charge on any atom is -0.466 e. The molecule has 246 valence electrons. The lowest BCUT2D eigenvalue weighted by molar-refractivity contribution is -0.385. The molecule has 0 fully saturated rings. The largest absolute Gasteiger partial charge is 0.466 e. The molecule has 2 aliphatic heterocycles. The first-order chi connectivity index (χ1) is 22.3. The highest BCUT2D eigenvalue weighted by atomic mass is 17.2. The van der Waals surface area contributed by atoms with Gasteiger partial charge in [0, 0.05) is 53.0 Å². The van der Waals surface area contributed by atoms with E-state index in [2.05, 4.69) is 10.6 Å². The Morgan fingerprint density at radius 1 is 0.702 bits per heavy atom. The molecule has 0 bridgehead atoms. The summed E-state index contributed by atoms with van der Waals surface area (Å²) in [6.07, 6.45) is 0. The van der Waals surface area contributed by atoms with E-state index >= 15 is 0 Å². The molecular weight excluding hydrogens is 616 g/mol. The molecule has 2 N–H and O–H groups in total. The van der Waals surface area contributed by atoms with Gasteiger partial charge in [0.1, 0.15) is 6.61 Å². The van der Waals surface area contributed by atoms with Crippen LogP contribution in [0.1, 0.15) is 50.7 Å². The lowest BCUT2D eigenvalue weighted by Crippen LogP contribution is -2.35. The topological polar surface area (TPSA) is 198 Å². The van der Waals surface area contributed by atoms with Crippen molar-refractivity contribution in [3.63, 3.8) is 0 Å². The Labute approximate surface area is 268 Å². The van der Waals surface area contributed by atoms with E-state index in [1.807, 2.05) is 0 Å². The van der Waals surface area contributed by atoms with Crippen LogP contribution < -0.4 is 10.6 Å². The van der Waals surface area contributed by atoms with Gasteiger partial charge in [-0.25, -0.2) is 24.2 Å². The van der Waals surface area contributed by atoms with Gasteiger partial charge in [-0.15, -0.1) is 0 Å². The monoisotopic (exact) mass is 648 g/mol. The van der Waals surface area contributed by atoms with Crippen LogP contribution in [0, 0.1) is 20.2 Å². The number of nitro benzene ring substituents is 2. The molecule has 1 unspecified atom stereocenters. The standard InChI is InChI=1S/C32H32N4O11/c1-16-24(15-46-45-6)28(20-9-7-11-22(13-20)35(40)41)25(17(2)33-16)31(38)47-32(39)27-19(4)34-18(3)26(30(37)44-5)29(27)21-10-8-12-23(14-21)36(42)43/h7-14,28-29,33-34H,15H2,1-6H3/t28?,29-/m0/s1. The third-order valence-corrected chi connectivity index (χ3v) is 7.85. The molecule has 0 saturated carbocycles. The lowest BCUT2D eigenvalue weighted by atomic mass is 9.80. The SMILES string of the molecule is COOCC1=C(C)NC(C)=C(C(=O)OC(=O)C2=C(C)NC(C)=C(C(=O)OC)[C@@H]2c2cccc([N+](=O)[O-])c2)C1c1cccc([N+](=O)[O-])c1. The fourth-order valence-corrected chi connectivity index (χ4v) is 5.80. The molecule has 4 rings (SSSR count). The van der Waals surface area contributed by atoms with Crippen LogP contribution in [-0.2, 0) is 33.6 Å². The first-order valence-corrected chi connectivity index (χ1v) is 14.2. The van der Waals surface area contributed by atoms with Gasteiger partial charge in [0.25, 0.3) is 11.4 Å². The van der Waals surface area contributed by atoms with E-state index in [1.165, 1.54) is 56.5 Å². The Hall–Kier alpha value is -5.67. The smallest absolute Gasteiger partial charge is 0.344 e. The van der Waals surface area contributed by atoms with Crippen LogP contribution in [0.15, 0.2) is 93.6 Å². The van der Waals surface area contributed by atoms with Gasteiger partial charge in [-0.05, 0) is 44.4 Å². The third kappa shape index (κ3) is 6.95. The molecular formula is C32H32N4O11. The highest BCUT2D eigenvalue weighted by molar-refractivity contribution is 6.06. The van der Waals surface area contributed by atoms with Crippen LogP contribution in [0.4, 0.5) is 11.4 Å². The summed E-state index contributed by atoms with van der Waals surface area (Å²) < 4.78 is 10.5. The zero-order valence-corrected chi connectivity index (χ0v) is 26.4. The molecule has 2 heterocycles. The number of hydrogen-bond acceptors (Lipinski definition) is 13. The van der Waals surface area contributed by atoms with E-state index in [-0.39, 0.29) is 46.0 Å². The number of nitrogens with zero attached hydrogens (tertiary/aromatic N) is 2. The van der Waals surface area contributed by atoms with Crippen LogP contribution in [0.2, 0.25) is 0 Å². The molecule has 2 aromatic rings. The van der Waals surface area contributed by atoms with Crippen LogP contribution in [0.5, 0.6) is 0 Å². The second kappa shape index (κ2) is 14.2. The minimum absolute atomic E-state index is 0.0141. The number of benzene rings is 2. The lowest BCUT2D eigenvalue weighted by Gasteiger charge is -2.32. The Morgan fingerprint density at radius 2 is 1.15 bits per heavy atom. The highest BCUT2D eigenvalue weighted by Gasteiger charge is 2.41.